The van der Waals surface area contributed by atoms with Gasteiger partial charge in [-0.05, 0) is 36.2 Å². The second-order valence-electron chi connectivity index (χ2n) is 5.66. The number of thiophene rings is 1. The van der Waals surface area contributed by atoms with Gasteiger partial charge in [0.25, 0.3) is 10.0 Å². The number of sulfonamides is 1. The number of carbonyl (C=O) groups is 1. The minimum Gasteiger partial charge on any atom is -0.338 e. The Hall–Kier alpha value is -1.45. The number of anilines is 1. The van der Waals surface area contributed by atoms with Crippen LogP contribution in [0.15, 0.2) is 32.9 Å². The maximum absolute atomic E-state index is 13.9. The predicted molar refractivity (Wildman–Crippen MR) is 98.6 cm³/mol. The Labute approximate surface area is 158 Å². The van der Waals surface area contributed by atoms with Crippen LogP contribution in [-0.2, 0) is 27.8 Å². The number of amides is 1. The van der Waals surface area contributed by atoms with Crippen molar-refractivity contribution in [1.29, 1.82) is 0 Å². The van der Waals surface area contributed by atoms with E-state index in [9.17, 15) is 17.6 Å². The van der Waals surface area contributed by atoms with Crippen LogP contribution in [-0.4, -0.2) is 25.8 Å². The lowest BCUT2D eigenvalue weighted by molar-refractivity contribution is -0.131. The first-order chi connectivity index (χ1) is 11.8. The molecule has 1 aliphatic rings. The van der Waals surface area contributed by atoms with Crippen LogP contribution < -0.4 is 4.72 Å². The van der Waals surface area contributed by atoms with Crippen LogP contribution in [0.3, 0.4) is 0 Å². The van der Waals surface area contributed by atoms with Gasteiger partial charge in [-0.1, -0.05) is 22.9 Å². The number of nitrogens with one attached hydrogen (secondary N) is 1. The third kappa shape index (κ3) is 3.88. The molecule has 0 radical (unpaired) electrons. The summed E-state index contributed by atoms with van der Waals surface area (Å²) in [4.78, 5) is 14.5. The molecule has 134 valence electrons. The molecule has 1 N–H and O–H groups in total. The molecule has 0 fully saturated rings. The molecule has 5 nitrogen and oxygen atoms in total. The van der Waals surface area contributed by atoms with Crippen LogP contribution in [0.2, 0.25) is 0 Å². The van der Waals surface area contributed by atoms with Gasteiger partial charge >= 0.3 is 0 Å². The number of benzene rings is 1. The van der Waals surface area contributed by atoms with Gasteiger partial charge in [0.15, 0.2) is 0 Å². The Balaban J connectivity index is 1.85. The van der Waals surface area contributed by atoms with E-state index in [0.29, 0.717) is 30.4 Å². The average molecular weight is 447 g/mol. The van der Waals surface area contributed by atoms with Crippen LogP contribution in [0.1, 0.15) is 23.8 Å². The first-order valence-electron chi connectivity index (χ1n) is 7.67. The first kappa shape index (κ1) is 18.3. The van der Waals surface area contributed by atoms with Gasteiger partial charge in [0.05, 0.1) is 5.69 Å². The molecule has 25 heavy (non-hydrogen) atoms. The molecule has 0 aliphatic carbocycles. The number of hydrogen-bond donors (Lipinski definition) is 1. The molecule has 0 atom stereocenters. The summed E-state index contributed by atoms with van der Waals surface area (Å²) < 4.78 is 42.0. The van der Waals surface area contributed by atoms with Crippen LogP contribution in [0.25, 0.3) is 0 Å². The first-order valence-corrected chi connectivity index (χ1v) is 10.8. The van der Waals surface area contributed by atoms with Gasteiger partial charge in [-0.2, -0.15) is 0 Å². The van der Waals surface area contributed by atoms with Crippen molar-refractivity contribution in [1.82, 2.24) is 4.90 Å². The highest BCUT2D eigenvalue weighted by Crippen LogP contribution is 2.32. The van der Waals surface area contributed by atoms with E-state index in [-0.39, 0.29) is 15.8 Å². The minimum atomic E-state index is -3.88. The van der Waals surface area contributed by atoms with Crippen molar-refractivity contribution in [3.05, 3.63) is 45.0 Å². The zero-order chi connectivity index (χ0) is 18.2. The maximum atomic E-state index is 13.9. The van der Waals surface area contributed by atoms with Gasteiger partial charge in [0.2, 0.25) is 5.91 Å². The Kier molecular flexibility index (Phi) is 5.17. The normalized spacial score (nSPS) is 14.3. The fraction of sp³-hybridized carbons (Fsp3) is 0.312. The Bertz CT molecular complexity index is 927. The van der Waals surface area contributed by atoms with Crippen molar-refractivity contribution in [3.8, 4) is 0 Å². The highest BCUT2D eigenvalue weighted by molar-refractivity contribution is 9.10. The van der Waals surface area contributed by atoms with E-state index >= 15 is 0 Å². The van der Waals surface area contributed by atoms with Crippen LogP contribution in [0, 0.1) is 5.82 Å². The standard InChI is InChI=1S/C16H16BrFN2O3S2/c1-2-15(21)20-6-5-14-10(9-20)7-16(24-14)25(22,23)19-13-4-3-11(17)8-12(13)18/h3-4,7-8,19H,2,5-6,9H2,1H3. The molecular formula is C16H16BrFN2O3S2. The third-order valence-corrected chi connectivity index (χ3v) is 7.51. The summed E-state index contributed by atoms with van der Waals surface area (Å²) in [7, 11) is -3.88. The van der Waals surface area contributed by atoms with Crippen molar-refractivity contribution in [2.75, 3.05) is 11.3 Å². The highest BCUT2D eigenvalue weighted by atomic mass is 79.9. The molecular weight excluding hydrogens is 431 g/mol. The smallest absolute Gasteiger partial charge is 0.271 e. The average Bonchev–Trinajstić information content (AvgIpc) is 3.01. The Morgan fingerprint density at radius 2 is 2.16 bits per heavy atom. The summed E-state index contributed by atoms with van der Waals surface area (Å²) in [5.74, 6) is -0.602. The predicted octanol–water partition coefficient (Wildman–Crippen LogP) is 3.75. The lowest BCUT2D eigenvalue weighted by Crippen LogP contribution is -2.34. The zero-order valence-electron chi connectivity index (χ0n) is 13.4. The van der Waals surface area contributed by atoms with Crippen LogP contribution >= 0.6 is 27.3 Å². The van der Waals surface area contributed by atoms with Gasteiger partial charge in [-0.3, -0.25) is 9.52 Å². The minimum absolute atomic E-state index is 0.0521. The number of fused-ring (bicyclic) bond motifs is 1. The quantitative estimate of drug-likeness (QED) is 0.777. The molecule has 0 unspecified atom stereocenters. The monoisotopic (exact) mass is 446 g/mol. The lowest BCUT2D eigenvalue weighted by Gasteiger charge is -2.26. The van der Waals surface area contributed by atoms with Crippen molar-refractivity contribution >= 4 is 48.9 Å². The number of halogens is 2. The number of rotatable bonds is 4. The summed E-state index contributed by atoms with van der Waals surface area (Å²) in [6.07, 6.45) is 1.06. The van der Waals surface area contributed by atoms with Crippen molar-refractivity contribution < 1.29 is 17.6 Å². The van der Waals surface area contributed by atoms with Crippen molar-refractivity contribution in [3.63, 3.8) is 0 Å². The van der Waals surface area contributed by atoms with Gasteiger partial charge in [0.1, 0.15) is 10.0 Å². The van der Waals surface area contributed by atoms with Crippen molar-refractivity contribution in [2.45, 2.75) is 30.5 Å². The molecule has 2 heterocycles. The summed E-state index contributed by atoms with van der Waals surface area (Å²) >= 11 is 4.31. The van der Waals surface area contributed by atoms with Gasteiger partial charge in [-0.15, -0.1) is 11.3 Å². The molecule has 1 amide bonds. The second-order valence-corrected chi connectivity index (χ2v) is 9.62. The molecule has 0 saturated heterocycles. The summed E-state index contributed by atoms with van der Waals surface area (Å²) in [6, 6.07) is 5.71. The second kappa shape index (κ2) is 7.05. The van der Waals surface area contributed by atoms with E-state index < -0.39 is 15.8 Å². The van der Waals surface area contributed by atoms with Crippen LogP contribution in [0.4, 0.5) is 10.1 Å². The number of hydrogen-bond acceptors (Lipinski definition) is 4. The molecule has 0 saturated carbocycles. The molecule has 1 aromatic heterocycles. The third-order valence-electron chi connectivity index (χ3n) is 3.94. The molecule has 3 rings (SSSR count). The van der Waals surface area contributed by atoms with Crippen molar-refractivity contribution in [2.24, 2.45) is 0 Å². The molecule has 1 aliphatic heterocycles. The lowest BCUT2D eigenvalue weighted by atomic mass is 10.1. The Morgan fingerprint density at radius 1 is 1.40 bits per heavy atom. The van der Waals surface area contributed by atoms with E-state index in [4.69, 9.17) is 0 Å². The summed E-state index contributed by atoms with van der Waals surface area (Å²) in [5.41, 5.74) is 0.743. The fourth-order valence-electron chi connectivity index (χ4n) is 2.64. The number of carbonyl (C=O) groups excluding carboxylic acids is 1. The van der Waals surface area contributed by atoms with E-state index in [1.165, 1.54) is 23.5 Å². The largest absolute Gasteiger partial charge is 0.338 e. The van der Waals surface area contributed by atoms with E-state index in [1.807, 2.05) is 0 Å². The summed E-state index contributed by atoms with van der Waals surface area (Å²) in [6.45, 7) is 2.81. The van der Waals surface area contributed by atoms with Crippen LogP contribution in [0.5, 0.6) is 0 Å². The Morgan fingerprint density at radius 3 is 2.84 bits per heavy atom. The maximum Gasteiger partial charge on any atom is 0.271 e. The van der Waals surface area contributed by atoms with Gasteiger partial charge in [0, 0.05) is 28.9 Å². The SMILES string of the molecule is CCC(=O)N1CCc2sc(S(=O)(=O)Nc3ccc(Br)cc3F)cc2C1. The number of nitrogens with zero attached hydrogens (tertiary/aromatic N) is 1. The molecule has 0 bridgehead atoms. The van der Waals surface area contributed by atoms with E-state index in [2.05, 4.69) is 20.7 Å². The van der Waals surface area contributed by atoms with Gasteiger partial charge < -0.3 is 4.90 Å². The van der Waals surface area contributed by atoms with E-state index in [0.717, 1.165) is 10.4 Å². The highest BCUT2D eigenvalue weighted by Gasteiger charge is 2.26. The molecule has 0 spiro atoms. The van der Waals surface area contributed by atoms with Gasteiger partial charge in [-0.25, -0.2) is 12.8 Å². The van der Waals surface area contributed by atoms with E-state index in [1.54, 1.807) is 24.0 Å². The topological polar surface area (TPSA) is 66.5 Å². The molecule has 9 heteroatoms. The zero-order valence-corrected chi connectivity index (χ0v) is 16.6. The molecule has 2 aromatic rings. The summed E-state index contributed by atoms with van der Waals surface area (Å²) in [5, 5.41) is 0. The fourth-order valence-corrected chi connectivity index (χ4v) is 5.59. The molecule has 1 aromatic carbocycles.